The molecule has 2 aromatic rings. The van der Waals surface area contributed by atoms with Crippen molar-refractivity contribution in [3.8, 4) is 0 Å². The van der Waals surface area contributed by atoms with Gasteiger partial charge in [-0.1, -0.05) is 29.8 Å². The molecule has 16 heavy (non-hydrogen) atoms. The molecule has 0 unspecified atom stereocenters. The van der Waals surface area contributed by atoms with Crippen molar-refractivity contribution in [2.75, 3.05) is 4.47 Å². The largest absolute Gasteiger partial charge is 0.277 e. The average molecular weight is 252 g/mol. The number of halogens is 1. The zero-order valence-electron chi connectivity index (χ0n) is 8.38. The summed E-state index contributed by atoms with van der Waals surface area (Å²) in [6.45, 7) is 0. The van der Waals surface area contributed by atoms with E-state index in [-0.39, 0.29) is 0 Å². The van der Waals surface area contributed by atoms with Crippen LogP contribution in [0.25, 0.3) is 0 Å². The van der Waals surface area contributed by atoms with Crippen LogP contribution in [-0.2, 0) is 0 Å². The Bertz CT molecular complexity index is 446. The summed E-state index contributed by atoms with van der Waals surface area (Å²) < 4.78 is 1.12. The predicted octanol–water partition coefficient (Wildman–Crippen LogP) is 4.24. The fraction of sp³-hybridized carbons (Fsp3) is 0. The van der Waals surface area contributed by atoms with E-state index in [0.29, 0.717) is 10.7 Å². The zero-order chi connectivity index (χ0) is 11.4. The smallest absolute Gasteiger partial charge is 0.0769 e. The Morgan fingerprint density at radius 3 is 2.19 bits per heavy atom. The minimum absolute atomic E-state index is 0.655. The minimum atomic E-state index is 0.655. The molecule has 0 radical (unpaired) electrons. The van der Waals surface area contributed by atoms with E-state index in [2.05, 4.69) is 0 Å². The Morgan fingerprint density at radius 2 is 1.56 bits per heavy atom. The second-order valence-electron chi connectivity index (χ2n) is 3.15. The Kier molecular flexibility index (Phi) is 3.72. The summed E-state index contributed by atoms with van der Waals surface area (Å²) in [6, 6.07) is 16.7. The van der Waals surface area contributed by atoms with Gasteiger partial charge in [0.15, 0.2) is 0 Å². The average Bonchev–Trinajstić information content (AvgIpc) is 2.31. The number of hydrogen-bond acceptors (Lipinski definition) is 3. The maximum absolute atomic E-state index is 9.82. The summed E-state index contributed by atoms with van der Waals surface area (Å²) in [4.78, 5) is 0.972. The third-order valence-electron chi connectivity index (χ3n) is 1.98. The molecule has 0 aliphatic heterocycles. The molecule has 2 nitrogen and oxygen atoms in total. The number of nitrogens with zero attached hydrogens (tertiary/aromatic N) is 1. The van der Waals surface area contributed by atoms with Crippen LogP contribution < -0.4 is 4.47 Å². The van der Waals surface area contributed by atoms with Gasteiger partial charge >= 0.3 is 0 Å². The lowest BCUT2D eigenvalue weighted by molar-refractivity contribution is 0.332. The first-order valence-corrected chi connectivity index (χ1v) is 5.88. The van der Waals surface area contributed by atoms with Gasteiger partial charge in [0.2, 0.25) is 0 Å². The van der Waals surface area contributed by atoms with E-state index in [1.54, 1.807) is 24.3 Å². The molecule has 0 aliphatic carbocycles. The Hall–Kier alpha value is -1.16. The van der Waals surface area contributed by atoms with Gasteiger partial charge in [0.05, 0.1) is 5.69 Å². The molecule has 1 N–H and O–H groups in total. The number of rotatable bonds is 3. The SMILES string of the molecule is ON(Sc1ccccc1)c1ccc(Cl)cc1. The highest BCUT2D eigenvalue weighted by Crippen LogP contribution is 2.27. The summed E-state index contributed by atoms with van der Waals surface area (Å²) in [5.74, 6) is 0. The maximum atomic E-state index is 9.82. The van der Waals surface area contributed by atoms with E-state index in [4.69, 9.17) is 11.6 Å². The second-order valence-corrected chi connectivity index (χ2v) is 4.59. The molecular weight excluding hydrogens is 242 g/mol. The molecule has 0 atom stereocenters. The fourth-order valence-corrected chi connectivity index (χ4v) is 2.03. The van der Waals surface area contributed by atoms with Gasteiger partial charge in [-0.15, -0.1) is 0 Å². The third-order valence-corrected chi connectivity index (χ3v) is 3.10. The van der Waals surface area contributed by atoms with Gasteiger partial charge in [-0.25, -0.2) is 0 Å². The lowest BCUT2D eigenvalue weighted by atomic mass is 10.3. The highest BCUT2D eigenvalue weighted by molar-refractivity contribution is 8.00. The quantitative estimate of drug-likeness (QED) is 0.652. The molecule has 0 spiro atoms. The molecule has 0 amide bonds. The highest BCUT2D eigenvalue weighted by Gasteiger charge is 2.04. The first-order valence-electron chi connectivity index (χ1n) is 4.73. The van der Waals surface area contributed by atoms with Crippen molar-refractivity contribution in [3.63, 3.8) is 0 Å². The standard InChI is InChI=1S/C12H10ClNOS/c13-10-6-8-11(9-7-10)14(15)16-12-4-2-1-3-5-12/h1-9,15H. The summed E-state index contributed by atoms with van der Waals surface area (Å²) in [5.41, 5.74) is 0.693. The minimum Gasteiger partial charge on any atom is -0.277 e. The molecular formula is C12H10ClNOS. The van der Waals surface area contributed by atoms with Gasteiger partial charge in [-0.05, 0) is 36.4 Å². The van der Waals surface area contributed by atoms with Crippen molar-refractivity contribution in [2.24, 2.45) is 0 Å². The van der Waals surface area contributed by atoms with Gasteiger partial charge in [0.1, 0.15) is 0 Å². The summed E-state index contributed by atoms with van der Waals surface area (Å²) in [6.07, 6.45) is 0. The molecule has 0 fully saturated rings. The number of benzene rings is 2. The van der Waals surface area contributed by atoms with Crippen molar-refractivity contribution in [1.29, 1.82) is 0 Å². The topological polar surface area (TPSA) is 23.5 Å². The summed E-state index contributed by atoms with van der Waals surface area (Å²) >= 11 is 7.02. The normalized spacial score (nSPS) is 10.1. The lowest BCUT2D eigenvalue weighted by Crippen LogP contribution is -2.06. The van der Waals surface area contributed by atoms with Crippen molar-refractivity contribution >= 4 is 29.2 Å². The van der Waals surface area contributed by atoms with Crippen LogP contribution in [0.3, 0.4) is 0 Å². The zero-order valence-corrected chi connectivity index (χ0v) is 9.95. The lowest BCUT2D eigenvalue weighted by Gasteiger charge is -2.14. The predicted molar refractivity (Wildman–Crippen MR) is 68.0 cm³/mol. The van der Waals surface area contributed by atoms with Crippen LogP contribution in [0.4, 0.5) is 5.69 Å². The van der Waals surface area contributed by atoms with Crippen LogP contribution in [0, 0.1) is 0 Å². The molecule has 0 saturated carbocycles. The molecule has 0 aromatic heterocycles. The van der Waals surface area contributed by atoms with Gasteiger partial charge in [0.25, 0.3) is 0 Å². The van der Waals surface area contributed by atoms with Crippen LogP contribution in [-0.4, -0.2) is 5.21 Å². The molecule has 2 aromatic carbocycles. The summed E-state index contributed by atoms with van der Waals surface area (Å²) in [5, 5.41) is 10.5. The van der Waals surface area contributed by atoms with Crippen LogP contribution in [0.15, 0.2) is 59.5 Å². The molecule has 0 bridgehead atoms. The third kappa shape index (κ3) is 2.92. The molecule has 0 heterocycles. The van der Waals surface area contributed by atoms with Gasteiger partial charge < -0.3 is 0 Å². The van der Waals surface area contributed by atoms with Gasteiger partial charge in [0, 0.05) is 21.9 Å². The fourth-order valence-electron chi connectivity index (χ4n) is 1.20. The maximum Gasteiger partial charge on any atom is 0.0769 e. The van der Waals surface area contributed by atoms with E-state index in [9.17, 15) is 5.21 Å². The monoisotopic (exact) mass is 251 g/mol. The Balaban J connectivity index is 2.09. The summed E-state index contributed by atoms with van der Waals surface area (Å²) in [7, 11) is 0. The Morgan fingerprint density at radius 1 is 0.938 bits per heavy atom. The molecule has 4 heteroatoms. The van der Waals surface area contributed by atoms with Crippen LogP contribution in [0.2, 0.25) is 5.02 Å². The van der Waals surface area contributed by atoms with Crippen molar-refractivity contribution in [1.82, 2.24) is 0 Å². The van der Waals surface area contributed by atoms with E-state index in [1.165, 1.54) is 11.9 Å². The number of hydrogen-bond donors (Lipinski definition) is 1. The van der Waals surface area contributed by atoms with Crippen molar-refractivity contribution < 1.29 is 5.21 Å². The Labute approximate surface area is 104 Å². The molecule has 0 aliphatic rings. The van der Waals surface area contributed by atoms with Gasteiger partial charge in [-0.3, -0.25) is 5.21 Å². The molecule has 2 rings (SSSR count). The van der Waals surface area contributed by atoms with E-state index in [1.807, 2.05) is 30.3 Å². The van der Waals surface area contributed by atoms with E-state index < -0.39 is 0 Å². The second kappa shape index (κ2) is 5.25. The first kappa shape index (κ1) is 11.3. The van der Waals surface area contributed by atoms with Gasteiger partial charge in [-0.2, -0.15) is 4.47 Å². The van der Waals surface area contributed by atoms with E-state index in [0.717, 1.165) is 9.36 Å². The first-order chi connectivity index (χ1) is 7.75. The van der Waals surface area contributed by atoms with Crippen LogP contribution >= 0.6 is 23.5 Å². The molecule has 82 valence electrons. The van der Waals surface area contributed by atoms with Crippen molar-refractivity contribution in [2.45, 2.75) is 4.90 Å². The number of anilines is 1. The van der Waals surface area contributed by atoms with Crippen LogP contribution in [0.5, 0.6) is 0 Å². The van der Waals surface area contributed by atoms with Crippen LogP contribution in [0.1, 0.15) is 0 Å². The van der Waals surface area contributed by atoms with Crippen molar-refractivity contribution in [3.05, 3.63) is 59.6 Å². The highest BCUT2D eigenvalue weighted by atomic mass is 35.5. The molecule has 0 saturated heterocycles. The van der Waals surface area contributed by atoms with E-state index >= 15 is 0 Å².